The molecule has 1 aliphatic heterocycles. The van der Waals surface area contributed by atoms with Gasteiger partial charge in [0.15, 0.2) is 0 Å². The topological polar surface area (TPSA) is 27.1 Å². The average molecular weight is 154 g/mol. The van der Waals surface area contributed by atoms with E-state index in [0.717, 1.165) is 25.3 Å². The number of likely N-dealkylation sites (tertiary alicyclic amines) is 1. The summed E-state index contributed by atoms with van der Waals surface area (Å²) in [6.07, 6.45) is 5.98. The second-order valence-electron chi connectivity index (χ2n) is 3.24. The Morgan fingerprint density at radius 3 is 2.91 bits per heavy atom. The van der Waals surface area contributed by atoms with Crippen molar-refractivity contribution in [1.29, 1.82) is 5.41 Å². The van der Waals surface area contributed by atoms with Gasteiger partial charge in [0.1, 0.15) is 0 Å². The first-order chi connectivity index (χ1) is 5.34. The average Bonchev–Trinajstić information content (AvgIpc) is 2.18. The Morgan fingerprint density at radius 1 is 1.36 bits per heavy atom. The standard InChI is InChI=1S/C9H18N2/c1-2-7-11-8-5-3-4-6-9(11)10/h10H,2-8H2,1H3. The van der Waals surface area contributed by atoms with E-state index >= 15 is 0 Å². The number of rotatable bonds is 2. The van der Waals surface area contributed by atoms with E-state index in [4.69, 9.17) is 5.41 Å². The molecule has 1 heterocycles. The number of nitrogens with zero attached hydrogens (tertiary/aromatic N) is 1. The van der Waals surface area contributed by atoms with Crippen LogP contribution in [0.2, 0.25) is 0 Å². The first kappa shape index (κ1) is 8.57. The molecule has 1 saturated heterocycles. The van der Waals surface area contributed by atoms with E-state index in [1.54, 1.807) is 0 Å². The van der Waals surface area contributed by atoms with E-state index in [2.05, 4.69) is 11.8 Å². The molecule has 11 heavy (non-hydrogen) atoms. The molecule has 0 aromatic heterocycles. The van der Waals surface area contributed by atoms with Crippen LogP contribution in [0.25, 0.3) is 0 Å². The molecule has 0 saturated carbocycles. The third-order valence-electron chi connectivity index (χ3n) is 2.22. The lowest BCUT2D eigenvalue weighted by atomic mass is 10.2. The third-order valence-corrected chi connectivity index (χ3v) is 2.22. The Bertz CT molecular complexity index is 132. The molecule has 0 bridgehead atoms. The molecule has 0 aliphatic carbocycles. The van der Waals surface area contributed by atoms with Gasteiger partial charge in [-0.05, 0) is 19.3 Å². The quantitative estimate of drug-likeness (QED) is 0.649. The van der Waals surface area contributed by atoms with Crippen LogP contribution >= 0.6 is 0 Å². The molecular weight excluding hydrogens is 136 g/mol. The summed E-state index contributed by atoms with van der Waals surface area (Å²) >= 11 is 0. The predicted octanol–water partition coefficient (Wildman–Crippen LogP) is 2.25. The van der Waals surface area contributed by atoms with Crippen LogP contribution in [-0.2, 0) is 0 Å². The maximum absolute atomic E-state index is 7.72. The molecule has 0 aromatic carbocycles. The van der Waals surface area contributed by atoms with Gasteiger partial charge in [-0.1, -0.05) is 13.3 Å². The molecule has 0 amide bonds. The van der Waals surface area contributed by atoms with Crippen LogP contribution in [-0.4, -0.2) is 23.8 Å². The number of hydrogen-bond donors (Lipinski definition) is 1. The molecule has 0 spiro atoms. The lowest BCUT2D eigenvalue weighted by Gasteiger charge is -2.21. The fraction of sp³-hybridized carbons (Fsp3) is 0.889. The molecule has 1 rings (SSSR count). The minimum atomic E-state index is 0.865. The van der Waals surface area contributed by atoms with Crippen molar-refractivity contribution in [3.63, 3.8) is 0 Å². The molecule has 2 nitrogen and oxygen atoms in total. The van der Waals surface area contributed by atoms with E-state index in [-0.39, 0.29) is 0 Å². The van der Waals surface area contributed by atoms with Gasteiger partial charge in [0.2, 0.25) is 0 Å². The zero-order valence-electron chi connectivity index (χ0n) is 7.40. The Labute approximate surface area is 69.1 Å². The Kier molecular flexibility index (Phi) is 3.40. The number of nitrogens with one attached hydrogen (secondary N) is 1. The van der Waals surface area contributed by atoms with Gasteiger partial charge in [0.25, 0.3) is 0 Å². The summed E-state index contributed by atoms with van der Waals surface area (Å²) in [5.41, 5.74) is 0. The van der Waals surface area contributed by atoms with E-state index in [1.807, 2.05) is 0 Å². The van der Waals surface area contributed by atoms with Crippen molar-refractivity contribution in [3.05, 3.63) is 0 Å². The lowest BCUT2D eigenvalue weighted by Crippen LogP contribution is -2.30. The largest absolute Gasteiger partial charge is 0.361 e. The zero-order valence-corrected chi connectivity index (χ0v) is 7.40. The Morgan fingerprint density at radius 2 is 2.18 bits per heavy atom. The molecule has 0 unspecified atom stereocenters. The van der Waals surface area contributed by atoms with Crippen molar-refractivity contribution in [1.82, 2.24) is 4.90 Å². The smallest absolute Gasteiger partial charge is 0.0957 e. The summed E-state index contributed by atoms with van der Waals surface area (Å²) in [5.74, 6) is 0.865. The Balaban J connectivity index is 2.39. The highest BCUT2D eigenvalue weighted by Gasteiger charge is 2.11. The molecule has 1 fully saturated rings. The highest BCUT2D eigenvalue weighted by atomic mass is 15.2. The highest BCUT2D eigenvalue weighted by molar-refractivity contribution is 5.79. The van der Waals surface area contributed by atoms with E-state index in [9.17, 15) is 0 Å². The second kappa shape index (κ2) is 4.37. The van der Waals surface area contributed by atoms with Crippen LogP contribution in [0.1, 0.15) is 39.0 Å². The van der Waals surface area contributed by atoms with Crippen molar-refractivity contribution in [2.24, 2.45) is 0 Å². The van der Waals surface area contributed by atoms with Gasteiger partial charge in [-0.3, -0.25) is 5.41 Å². The normalized spacial score (nSPS) is 20.1. The van der Waals surface area contributed by atoms with E-state index in [1.165, 1.54) is 25.7 Å². The summed E-state index contributed by atoms with van der Waals surface area (Å²) in [6.45, 7) is 4.38. The van der Waals surface area contributed by atoms with Gasteiger partial charge in [0, 0.05) is 19.5 Å². The molecule has 0 atom stereocenters. The minimum Gasteiger partial charge on any atom is -0.361 e. The predicted molar refractivity (Wildman–Crippen MR) is 48.1 cm³/mol. The van der Waals surface area contributed by atoms with Crippen LogP contribution in [0.3, 0.4) is 0 Å². The molecule has 1 N–H and O–H groups in total. The summed E-state index contributed by atoms with van der Waals surface area (Å²) in [7, 11) is 0. The van der Waals surface area contributed by atoms with Gasteiger partial charge in [-0.25, -0.2) is 0 Å². The van der Waals surface area contributed by atoms with Crippen molar-refractivity contribution < 1.29 is 0 Å². The Hall–Kier alpha value is -0.530. The maximum atomic E-state index is 7.72. The zero-order chi connectivity index (χ0) is 8.10. The highest BCUT2D eigenvalue weighted by Crippen LogP contribution is 2.11. The summed E-state index contributed by atoms with van der Waals surface area (Å²) in [5, 5.41) is 7.72. The number of hydrogen-bond acceptors (Lipinski definition) is 1. The van der Waals surface area contributed by atoms with Gasteiger partial charge in [0.05, 0.1) is 5.84 Å². The van der Waals surface area contributed by atoms with E-state index < -0.39 is 0 Å². The fourth-order valence-electron chi connectivity index (χ4n) is 1.58. The van der Waals surface area contributed by atoms with Crippen LogP contribution < -0.4 is 0 Å². The second-order valence-corrected chi connectivity index (χ2v) is 3.24. The van der Waals surface area contributed by atoms with Crippen molar-refractivity contribution in [2.75, 3.05) is 13.1 Å². The lowest BCUT2D eigenvalue weighted by molar-refractivity contribution is 0.411. The molecular formula is C9H18N2. The van der Waals surface area contributed by atoms with Crippen molar-refractivity contribution in [3.8, 4) is 0 Å². The van der Waals surface area contributed by atoms with Gasteiger partial charge in [-0.2, -0.15) is 0 Å². The molecule has 0 radical (unpaired) electrons. The van der Waals surface area contributed by atoms with Crippen molar-refractivity contribution >= 4 is 5.84 Å². The summed E-state index contributed by atoms with van der Waals surface area (Å²) in [4.78, 5) is 2.23. The summed E-state index contributed by atoms with van der Waals surface area (Å²) in [6, 6.07) is 0. The summed E-state index contributed by atoms with van der Waals surface area (Å²) < 4.78 is 0. The van der Waals surface area contributed by atoms with Gasteiger partial charge >= 0.3 is 0 Å². The fourth-order valence-corrected chi connectivity index (χ4v) is 1.58. The monoisotopic (exact) mass is 154 g/mol. The molecule has 64 valence electrons. The van der Waals surface area contributed by atoms with Crippen LogP contribution in [0, 0.1) is 5.41 Å². The molecule has 1 aliphatic rings. The first-order valence-electron chi connectivity index (χ1n) is 4.67. The van der Waals surface area contributed by atoms with E-state index in [0.29, 0.717) is 0 Å². The molecule has 0 aromatic rings. The van der Waals surface area contributed by atoms with Crippen LogP contribution in [0.5, 0.6) is 0 Å². The minimum absolute atomic E-state index is 0.865. The SMILES string of the molecule is CCCN1CCCCCC1=N. The third kappa shape index (κ3) is 2.52. The maximum Gasteiger partial charge on any atom is 0.0957 e. The first-order valence-corrected chi connectivity index (χ1v) is 4.67. The number of amidine groups is 1. The van der Waals surface area contributed by atoms with Crippen molar-refractivity contribution in [2.45, 2.75) is 39.0 Å². The van der Waals surface area contributed by atoms with Crippen LogP contribution in [0.15, 0.2) is 0 Å². The van der Waals surface area contributed by atoms with Gasteiger partial charge < -0.3 is 4.90 Å². The van der Waals surface area contributed by atoms with Crippen LogP contribution in [0.4, 0.5) is 0 Å². The molecule has 2 heteroatoms. The van der Waals surface area contributed by atoms with Gasteiger partial charge in [-0.15, -0.1) is 0 Å².